The molecule has 8 heteroatoms. The van der Waals surface area contributed by atoms with E-state index in [4.69, 9.17) is 0 Å². The fourth-order valence-electron chi connectivity index (χ4n) is 4.68. The SMILES string of the molecule is Cc1cnc(NC(C)C)cc1-c1cc2n(c1)CC(CO)(CO)CN(Cc1ccccc1CO)C2=O. The highest BCUT2D eigenvalue weighted by atomic mass is 16.3. The molecule has 0 atom stereocenters. The molecular formula is C27H34N4O4. The number of nitrogens with zero attached hydrogens (tertiary/aromatic N) is 3. The molecule has 0 fully saturated rings. The van der Waals surface area contributed by atoms with Crippen molar-refractivity contribution in [3.05, 3.63) is 71.2 Å². The number of aromatic nitrogens is 2. The number of pyridine rings is 1. The van der Waals surface area contributed by atoms with Crippen LogP contribution in [0.15, 0.2) is 48.8 Å². The summed E-state index contributed by atoms with van der Waals surface area (Å²) in [5.74, 6) is 0.579. The Morgan fingerprint density at radius 2 is 1.80 bits per heavy atom. The van der Waals surface area contributed by atoms with Crippen molar-refractivity contribution in [2.75, 3.05) is 25.1 Å². The van der Waals surface area contributed by atoms with E-state index in [1.54, 1.807) is 4.90 Å². The summed E-state index contributed by atoms with van der Waals surface area (Å²) in [5.41, 5.74) is 4.01. The van der Waals surface area contributed by atoms with Crippen molar-refractivity contribution < 1.29 is 20.1 Å². The Morgan fingerprint density at radius 1 is 1.09 bits per heavy atom. The summed E-state index contributed by atoms with van der Waals surface area (Å²) in [6, 6.07) is 11.5. The Morgan fingerprint density at radius 3 is 2.46 bits per heavy atom. The van der Waals surface area contributed by atoms with Crippen molar-refractivity contribution in [1.82, 2.24) is 14.5 Å². The molecule has 4 rings (SSSR count). The fraction of sp³-hybridized carbons (Fsp3) is 0.407. The highest BCUT2D eigenvalue weighted by Crippen LogP contribution is 2.33. The number of hydrogen-bond acceptors (Lipinski definition) is 6. The maximum absolute atomic E-state index is 13.8. The summed E-state index contributed by atoms with van der Waals surface area (Å²) >= 11 is 0. The molecule has 1 aliphatic rings. The van der Waals surface area contributed by atoms with E-state index in [-0.39, 0.29) is 44.9 Å². The van der Waals surface area contributed by atoms with Crippen LogP contribution in [0.1, 0.15) is 41.0 Å². The fourth-order valence-corrected chi connectivity index (χ4v) is 4.68. The number of benzene rings is 1. The minimum Gasteiger partial charge on any atom is -0.396 e. The molecule has 0 spiro atoms. The topological polar surface area (TPSA) is 111 Å². The van der Waals surface area contributed by atoms with E-state index in [0.29, 0.717) is 12.2 Å². The monoisotopic (exact) mass is 478 g/mol. The third-order valence-corrected chi connectivity index (χ3v) is 6.61. The van der Waals surface area contributed by atoms with Crippen LogP contribution < -0.4 is 5.32 Å². The van der Waals surface area contributed by atoms with Crippen molar-refractivity contribution in [3.8, 4) is 11.1 Å². The van der Waals surface area contributed by atoms with E-state index in [0.717, 1.165) is 33.6 Å². The van der Waals surface area contributed by atoms with Gasteiger partial charge in [-0.1, -0.05) is 24.3 Å². The molecule has 0 aliphatic carbocycles. The zero-order valence-electron chi connectivity index (χ0n) is 20.5. The van der Waals surface area contributed by atoms with E-state index in [2.05, 4.69) is 10.3 Å². The number of anilines is 1. The van der Waals surface area contributed by atoms with Crippen molar-refractivity contribution in [1.29, 1.82) is 0 Å². The first-order valence-electron chi connectivity index (χ1n) is 11.9. The maximum Gasteiger partial charge on any atom is 0.270 e. The average Bonchev–Trinajstić information content (AvgIpc) is 3.22. The quantitative estimate of drug-likeness (QED) is 0.396. The maximum atomic E-state index is 13.8. The molecule has 8 nitrogen and oxygen atoms in total. The Hall–Kier alpha value is -3.20. The lowest BCUT2D eigenvalue weighted by molar-refractivity contribution is 0.0143. The first-order chi connectivity index (χ1) is 16.8. The molecule has 1 aliphatic heterocycles. The van der Waals surface area contributed by atoms with Crippen LogP contribution in [0, 0.1) is 12.3 Å². The van der Waals surface area contributed by atoms with E-state index in [1.807, 2.05) is 74.1 Å². The van der Waals surface area contributed by atoms with Crippen LogP contribution in [-0.2, 0) is 19.7 Å². The molecule has 35 heavy (non-hydrogen) atoms. The van der Waals surface area contributed by atoms with E-state index in [9.17, 15) is 20.1 Å². The highest BCUT2D eigenvalue weighted by molar-refractivity contribution is 5.95. The first kappa shape index (κ1) is 24.9. The van der Waals surface area contributed by atoms with Crippen LogP contribution in [0.4, 0.5) is 5.82 Å². The van der Waals surface area contributed by atoms with Crippen LogP contribution in [-0.4, -0.2) is 61.5 Å². The van der Waals surface area contributed by atoms with Crippen LogP contribution >= 0.6 is 0 Å². The molecular weight excluding hydrogens is 444 g/mol. The number of carbonyl (C=O) groups is 1. The number of carbonyl (C=O) groups excluding carboxylic acids is 1. The van der Waals surface area contributed by atoms with Crippen LogP contribution in [0.3, 0.4) is 0 Å². The number of amides is 1. The van der Waals surface area contributed by atoms with Crippen molar-refractivity contribution >= 4 is 11.7 Å². The Kier molecular flexibility index (Phi) is 7.25. The van der Waals surface area contributed by atoms with E-state index >= 15 is 0 Å². The molecule has 2 aromatic heterocycles. The molecule has 0 saturated carbocycles. The summed E-state index contributed by atoms with van der Waals surface area (Å²) in [5, 5.41) is 33.6. The zero-order valence-corrected chi connectivity index (χ0v) is 20.5. The third-order valence-electron chi connectivity index (χ3n) is 6.61. The van der Waals surface area contributed by atoms with Gasteiger partial charge in [-0.05, 0) is 55.2 Å². The Balaban J connectivity index is 1.76. The zero-order chi connectivity index (χ0) is 25.2. The van der Waals surface area contributed by atoms with Gasteiger partial charge in [0.05, 0.1) is 25.2 Å². The molecule has 0 bridgehead atoms. The lowest BCUT2D eigenvalue weighted by Crippen LogP contribution is -2.44. The van der Waals surface area contributed by atoms with Gasteiger partial charge in [0, 0.05) is 43.6 Å². The summed E-state index contributed by atoms with van der Waals surface area (Å²) in [4.78, 5) is 19.9. The van der Waals surface area contributed by atoms with Gasteiger partial charge in [-0.2, -0.15) is 0 Å². The molecule has 4 N–H and O–H groups in total. The van der Waals surface area contributed by atoms with Gasteiger partial charge in [-0.15, -0.1) is 0 Å². The Bertz CT molecular complexity index is 1200. The second kappa shape index (κ2) is 10.2. The minimum absolute atomic E-state index is 0.127. The summed E-state index contributed by atoms with van der Waals surface area (Å²) in [6.45, 7) is 6.20. The number of aliphatic hydroxyl groups is 3. The summed E-state index contributed by atoms with van der Waals surface area (Å²) in [6.07, 6.45) is 3.73. The van der Waals surface area contributed by atoms with Crippen LogP contribution in [0.2, 0.25) is 0 Å². The molecule has 0 unspecified atom stereocenters. The first-order valence-corrected chi connectivity index (χ1v) is 11.9. The number of hydrogen-bond donors (Lipinski definition) is 4. The predicted molar refractivity (Wildman–Crippen MR) is 135 cm³/mol. The van der Waals surface area contributed by atoms with Crippen molar-refractivity contribution in [2.45, 2.75) is 46.5 Å². The molecule has 0 saturated heterocycles. The standard InChI is InChI=1S/C27H34N4O4/c1-18(2)29-25-9-23(19(3)10-28-25)22-8-24-26(35)31(11-20-6-4-5-7-21(20)13-32)15-27(16-33,17-34)14-30(24)12-22/h4-10,12,18,32-34H,11,13-17H2,1-3H3,(H,28,29). The summed E-state index contributed by atoms with van der Waals surface area (Å²) in [7, 11) is 0. The van der Waals surface area contributed by atoms with E-state index < -0.39 is 5.41 Å². The normalized spacial score (nSPS) is 15.3. The lowest BCUT2D eigenvalue weighted by Gasteiger charge is -2.33. The van der Waals surface area contributed by atoms with Gasteiger partial charge in [-0.3, -0.25) is 4.79 Å². The van der Waals surface area contributed by atoms with Gasteiger partial charge < -0.3 is 30.1 Å². The van der Waals surface area contributed by atoms with Crippen LogP contribution in [0.5, 0.6) is 0 Å². The second-order valence-electron chi connectivity index (χ2n) is 9.83. The van der Waals surface area contributed by atoms with Gasteiger partial charge in [0.2, 0.25) is 0 Å². The smallest absolute Gasteiger partial charge is 0.270 e. The van der Waals surface area contributed by atoms with Crippen molar-refractivity contribution in [3.63, 3.8) is 0 Å². The Labute approximate surface area is 205 Å². The minimum atomic E-state index is -0.900. The number of aliphatic hydroxyl groups excluding tert-OH is 3. The van der Waals surface area contributed by atoms with Gasteiger partial charge in [0.1, 0.15) is 11.5 Å². The molecule has 1 aromatic carbocycles. The second-order valence-corrected chi connectivity index (χ2v) is 9.83. The summed E-state index contributed by atoms with van der Waals surface area (Å²) < 4.78 is 1.84. The number of nitrogens with one attached hydrogen (secondary N) is 1. The largest absolute Gasteiger partial charge is 0.396 e. The average molecular weight is 479 g/mol. The highest BCUT2D eigenvalue weighted by Gasteiger charge is 2.39. The van der Waals surface area contributed by atoms with Gasteiger partial charge in [0.25, 0.3) is 5.91 Å². The van der Waals surface area contributed by atoms with E-state index in [1.165, 1.54) is 0 Å². The molecule has 1 amide bonds. The number of aryl methyl sites for hydroxylation is 1. The van der Waals surface area contributed by atoms with Gasteiger partial charge >= 0.3 is 0 Å². The predicted octanol–water partition coefficient (Wildman–Crippen LogP) is 2.80. The van der Waals surface area contributed by atoms with Crippen LogP contribution in [0.25, 0.3) is 11.1 Å². The van der Waals surface area contributed by atoms with Crippen molar-refractivity contribution in [2.24, 2.45) is 5.41 Å². The van der Waals surface area contributed by atoms with Gasteiger partial charge in [-0.25, -0.2) is 4.98 Å². The molecule has 186 valence electrons. The number of fused-ring (bicyclic) bond motifs is 1. The lowest BCUT2D eigenvalue weighted by atomic mass is 9.89. The van der Waals surface area contributed by atoms with Gasteiger partial charge in [0.15, 0.2) is 0 Å². The third kappa shape index (κ3) is 5.10. The number of rotatable bonds is 8. The molecule has 0 radical (unpaired) electrons. The molecule has 3 aromatic rings. The molecule has 3 heterocycles.